The number of hydrogen-bond donors (Lipinski definition) is 2. The first-order chi connectivity index (χ1) is 8.65. The van der Waals surface area contributed by atoms with Crippen molar-refractivity contribution < 1.29 is 9.53 Å². The minimum absolute atomic E-state index is 0.0224. The van der Waals surface area contributed by atoms with Gasteiger partial charge in [-0.25, -0.2) is 0 Å². The number of amides is 1. The second-order valence-electron chi connectivity index (χ2n) is 4.11. The zero-order valence-electron chi connectivity index (χ0n) is 11.2. The van der Waals surface area contributed by atoms with Crippen molar-refractivity contribution in [3.8, 4) is 0 Å². The summed E-state index contributed by atoms with van der Waals surface area (Å²) in [7, 11) is 5.40. The highest BCUT2D eigenvalue weighted by atomic mass is 16.5. The fourth-order valence-corrected chi connectivity index (χ4v) is 1.49. The SMILES string of the molecule is CNc1ccc(NC(=O)CN(C)CCOC)cc1. The van der Waals surface area contributed by atoms with E-state index in [4.69, 9.17) is 4.74 Å². The fourth-order valence-electron chi connectivity index (χ4n) is 1.49. The second-order valence-corrected chi connectivity index (χ2v) is 4.11. The van der Waals surface area contributed by atoms with E-state index in [-0.39, 0.29) is 5.91 Å². The van der Waals surface area contributed by atoms with E-state index in [1.807, 2.05) is 43.3 Å². The molecule has 2 N–H and O–H groups in total. The minimum Gasteiger partial charge on any atom is -0.388 e. The number of carbonyl (C=O) groups excluding carboxylic acids is 1. The fraction of sp³-hybridized carbons (Fsp3) is 0.462. The van der Waals surface area contributed by atoms with Crippen LogP contribution in [0.25, 0.3) is 0 Å². The van der Waals surface area contributed by atoms with E-state index in [2.05, 4.69) is 10.6 Å². The maximum Gasteiger partial charge on any atom is 0.238 e. The van der Waals surface area contributed by atoms with Gasteiger partial charge < -0.3 is 15.4 Å². The Hall–Kier alpha value is -1.59. The number of anilines is 2. The average molecular weight is 251 g/mol. The molecule has 1 rings (SSSR count). The lowest BCUT2D eigenvalue weighted by atomic mass is 10.3. The molecule has 18 heavy (non-hydrogen) atoms. The molecule has 1 amide bonds. The van der Waals surface area contributed by atoms with Gasteiger partial charge in [0.2, 0.25) is 5.91 Å². The molecule has 1 aromatic carbocycles. The molecule has 5 heteroatoms. The van der Waals surface area contributed by atoms with Gasteiger partial charge in [-0.3, -0.25) is 9.69 Å². The van der Waals surface area contributed by atoms with Gasteiger partial charge in [-0.05, 0) is 31.3 Å². The van der Waals surface area contributed by atoms with Crippen LogP contribution >= 0.6 is 0 Å². The molecule has 100 valence electrons. The van der Waals surface area contributed by atoms with Gasteiger partial charge in [0.05, 0.1) is 13.2 Å². The Bertz CT molecular complexity index is 365. The van der Waals surface area contributed by atoms with Gasteiger partial charge in [0.1, 0.15) is 0 Å². The highest BCUT2D eigenvalue weighted by Gasteiger charge is 2.06. The zero-order chi connectivity index (χ0) is 13.4. The highest BCUT2D eigenvalue weighted by molar-refractivity contribution is 5.92. The topological polar surface area (TPSA) is 53.6 Å². The summed E-state index contributed by atoms with van der Waals surface area (Å²) in [6.45, 7) is 1.72. The van der Waals surface area contributed by atoms with E-state index in [1.54, 1.807) is 7.11 Å². The number of nitrogens with one attached hydrogen (secondary N) is 2. The summed E-state index contributed by atoms with van der Waals surface area (Å²) >= 11 is 0. The molecule has 0 bridgehead atoms. The van der Waals surface area contributed by atoms with Gasteiger partial charge in [0.15, 0.2) is 0 Å². The minimum atomic E-state index is -0.0224. The van der Waals surface area contributed by atoms with Crippen LogP contribution in [0, 0.1) is 0 Å². The number of methoxy groups -OCH3 is 1. The van der Waals surface area contributed by atoms with Crippen molar-refractivity contribution in [1.29, 1.82) is 0 Å². The maximum atomic E-state index is 11.7. The van der Waals surface area contributed by atoms with Gasteiger partial charge >= 0.3 is 0 Å². The van der Waals surface area contributed by atoms with Crippen molar-refractivity contribution in [1.82, 2.24) is 4.90 Å². The molecule has 0 heterocycles. The summed E-state index contributed by atoms with van der Waals surface area (Å²) in [5, 5.41) is 5.88. The van der Waals surface area contributed by atoms with E-state index in [1.165, 1.54) is 0 Å². The second kappa shape index (κ2) is 7.68. The van der Waals surface area contributed by atoms with Crippen molar-refractivity contribution in [3.05, 3.63) is 24.3 Å². The molecule has 0 spiro atoms. The van der Waals surface area contributed by atoms with Gasteiger partial charge in [-0.1, -0.05) is 0 Å². The standard InChI is InChI=1S/C13H21N3O2/c1-14-11-4-6-12(7-5-11)15-13(17)10-16(2)8-9-18-3/h4-7,14H,8-10H2,1-3H3,(H,15,17). The predicted molar refractivity (Wildman–Crippen MR) is 74.0 cm³/mol. The molecule has 0 saturated carbocycles. The van der Waals surface area contributed by atoms with Crippen LogP contribution in [0.1, 0.15) is 0 Å². The van der Waals surface area contributed by atoms with Gasteiger partial charge in [0, 0.05) is 32.1 Å². The monoisotopic (exact) mass is 251 g/mol. The molecule has 0 atom stereocenters. The van der Waals surface area contributed by atoms with Crippen LogP contribution in [0.5, 0.6) is 0 Å². The van der Waals surface area contributed by atoms with Crippen LogP contribution in [-0.2, 0) is 9.53 Å². The molecule has 0 radical (unpaired) electrons. The largest absolute Gasteiger partial charge is 0.388 e. The van der Waals surface area contributed by atoms with Crippen LogP contribution in [0.3, 0.4) is 0 Å². The Balaban J connectivity index is 2.39. The van der Waals surface area contributed by atoms with Crippen LogP contribution < -0.4 is 10.6 Å². The lowest BCUT2D eigenvalue weighted by molar-refractivity contribution is -0.117. The summed E-state index contributed by atoms with van der Waals surface area (Å²) in [6.07, 6.45) is 0. The molecule has 0 aliphatic carbocycles. The first-order valence-electron chi connectivity index (χ1n) is 5.91. The summed E-state index contributed by atoms with van der Waals surface area (Å²) in [4.78, 5) is 13.6. The Labute approximate surface area is 108 Å². The van der Waals surface area contributed by atoms with Crippen molar-refractivity contribution >= 4 is 17.3 Å². The third kappa shape index (κ3) is 5.16. The lowest BCUT2D eigenvalue weighted by Crippen LogP contribution is -2.32. The smallest absolute Gasteiger partial charge is 0.238 e. The van der Waals surface area contributed by atoms with Crippen molar-refractivity contribution in [2.75, 3.05) is 51.5 Å². The molecule has 0 fully saturated rings. The summed E-state index contributed by atoms with van der Waals surface area (Å²) in [6, 6.07) is 7.59. The van der Waals surface area contributed by atoms with E-state index in [9.17, 15) is 4.79 Å². The number of rotatable bonds is 7. The van der Waals surface area contributed by atoms with E-state index >= 15 is 0 Å². The van der Waals surface area contributed by atoms with E-state index in [0.717, 1.165) is 17.9 Å². The van der Waals surface area contributed by atoms with E-state index < -0.39 is 0 Å². The molecule has 0 aliphatic rings. The first kappa shape index (κ1) is 14.5. The molecule has 5 nitrogen and oxygen atoms in total. The van der Waals surface area contributed by atoms with Gasteiger partial charge in [-0.2, -0.15) is 0 Å². The Kier molecular flexibility index (Phi) is 6.18. The van der Waals surface area contributed by atoms with Crippen molar-refractivity contribution in [2.45, 2.75) is 0 Å². The summed E-state index contributed by atoms with van der Waals surface area (Å²) in [5.74, 6) is -0.0224. The van der Waals surface area contributed by atoms with Gasteiger partial charge in [-0.15, -0.1) is 0 Å². The average Bonchev–Trinajstić information content (AvgIpc) is 2.37. The summed E-state index contributed by atoms with van der Waals surface area (Å²) < 4.78 is 4.96. The van der Waals surface area contributed by atoms with Crippen molar-refractivity contribution in [3.63, 3.8) is 0 Å². The molecular weight excluding hydrogens is 230 g/mol. The van der Waals surface area contributed by atoms with Gasteiger partial charge in [0.25, 0.3) is 0 Å². The summed E-state index contributed by atoms with van der Waals surface area (Å²) in [5.41, 5.74) is 1.82. The quantitative estimate of drug-likeness (QED) is 0.765. The third-order valence-corrected chi connectivity index (χ3v) is 2.55. The molecule has 0 aliphatic heterocycles. The highest BCUT2D eigenvalue weighted by Crippen LogP contribution is 2.12. The Morgan fingerprint density at radius 2 is 1.89 bits per heavy atom. The lowest BCUT2D eigenvalue weighted by Gasteiger charge is -2.15. The Morgan fingerprint density at radius 3 is 2.44 bits per heavy atom. The maximum absolute atomic E-state index is 11.7. The molecule has 0 unspecified atom stereocenters. The number of hydrogen-bond acceptors (Lipinski definition) is 4. The number of ether oxygens (including phenoxy) is 1. The normalized spacial score (nSPS) is 10.4. The van der Waals surface area contributed by atoms with Crippen LogP contribution in [0.4, 0.5) is 11.4 Å². The number of likely N-dealkylation sites (N-methyl/N-ethyl adjacent to an activating group) is 1. The number of nitrogens with zero attached hydrogens (tertiary/aromatic N) is 1. The number of carbonyl (C=O) groups is 1. The third-order valence-electron chi connectivity index (χ3n) is 2.55. The van der Waals surface area contributed by atoms with Crippen LogP contribution in [0.2, 0.25) is 0 Å². The molecule has 0 saturated heterocycles. The predicted octanol–water partition coefficient (Wildman–Crippen LogP) is 1.24. The van der Waals surface area contributed by atoms with Crippen LogP contribution in [0.15, 0.2) is 24.3 Å². The Morgan fingerprint density at radius 1 is 1.28 bits per heavy atom. The molecule has 1 aromatic rings. The van der Waals surface area contributed by atoms with Crippen LogP contribution in [-0.4, -0.2) is 51.7 Å². The molecule has 0 aromatic heterocycles. The van der Waals surface area contributed by atoms with Crippen molar-refractivity contribution in [2.24, 2.45) is 0 Å². The first-order valence-corrected chi connectivity index (χ1v) is 5.91. The molecular formula is C13H21N3O2. The zero-order valence-corrected chi connectivity index (χ0v) is 11.2. The number of benzene rings is 1. The van der Waals surface area contributed by atoms with E-state index in [0.29, 0.717) is 13.2 Å².